The molecule has 1 fully saturated rings. The van der Waals surface area contributed by atoms with Crippen molar-refractivity contribution in [3.8, 4) is 0 Å². The Morgan fingerprint density at radius 3 is 1.79 bits per heavy atom. The minimum absolute atomic E-state index is 0.000236. The summed E-state index contributed by atoms with van der Waals surface area (Å²) in [7, 11) is 0. The molecule has 3 N–H and O–H groups in total. The molecule has 1 aliphatic carbocycles. The van der Waals surface area contributed by atoms with Crippen LogP contribution in [0.5, 0.6) is 0 Å². The molecule has 0 heterocycles. The maximum Gasteiger partial charge on any atom is 0.237 e. The van der Waals surface area contributed by atoms with E-state index in [1.807, 2.05) is 30.3 Å². The van der Waals surface area contributed by atoms with E-state index in [4.69, 9.17) is 5.73 Å². The number of hydrogen-bond donors (Lipinski definition) is 2. The van der Waals surface area contributed by atoms with Crippen LogP contribution < -0.4 is 11.1 Å². The number of benzene rings is 1. The van der Waals surface area contributed by atoms with Gasteiger partial charge in [0.1, 0.15) is 0 Å². The van der Waals surface area contributed by atoms with E-state index in [0.29, 0.717) is 12.3 Å². The lowest BCUT2D eigenvalue weighted by molar-refractivity contribution is -0.122. The Kier molecular flexibility index (Phi) is 12.0. The van der Waals surface area contributed by atoms with Crippen LogP contribution in [0.25, 0.3) is 0 Å². The molecule has 3 nitrogen and oxygen atoms in total. The molecule has 1 saturated carbocycles. The van der Waals surface area contributed by atoms with Gasteiger partial charge in [-0.05, 0) is 30.7 Å². The minimum atomic E-state index is -0.454. The van der Waals surface area contributed by atoms with E-state index in [2.05, 4.69) is 5.32 Å². The predicted octanol–water partition coefficient (Wildman–Crippen LogP) is 5.76. The smallest absolute Gasteiger partial charge is 0.237 e. The van der Waals surface area contributed by atoms with E-state index in [9.17, 15) is 4.79 Å². The molecular weight excluding hydrogens is 344 g/mol. The number of nitrogens with two attached hydrogens (primary N) is 1. The molecule has 0 aromatic heterocycles. The summed E-state index contributed by atoms with van der Waals surface area (Å²) in [6.07, 6.45) is 19.6. The van der Waals surface area contributed by atoms with Gasteiger partial charge in [-0.25, -0.2) is 0 Å². The minimum Gasteiger partial charge on any atom is -0.354 e. The summed E-state index contributed by atoms with van der Waals surface area (Å²) in [6.45, 7) is 0.793. The van der Waals surface area contributed by atoms with Gasteiger partial charge in [0, 0.05) is 6.54 Å². The van der Waals surface area contributed by atoms with Crippen LogP contribution in [-0.2, 0) is 11.2 Å². The largest absolute Gasteiger partial charge is 0.354 e. The van der Waals surface area contributed by atoms with Crippen molar-refractivity contribution in [2.75, 3.05) is 6.54 Å². The maximum absolute atomic E-state index is 12.5. The molecule has 1 aromatic rings. The zero-order valence-electron chi connectivity index (χ0n) is 17.8. The van der Waals surface area contributed by atoms with Gasteiger partial charge in [0.2, 0.25) is 5.91 Å². The summed E-state index contributed by atoms with van der Waals surface area (Å²) in [5.74, 6) is 0.609. The van der Waals surface area contributed by atoms with Gasteiger partial charge in [-0.2, -0.15) is 0 Å². The zero-order valence-corrected chi connectivity index (χ0v) is 17.8. The van der Waals surface area contributed by atoms with Crippen molar-refractivity contribution in [2.24, 2.45) is 11.7 Å². The van der Waals surface area contributed by atoms with E-state index in [-0.39, 0.29) is 5.91 Å². The molecule has 3 heteroatoms. The normalized spacial score (nSPS) is 19.9. The first-order chi connectivity index (χ1) is 13.8. The second kappa shape index (κ2) is 14.6. The molecule has 2 rings (SSSR count). The third-order valence-corrected chi connectivity index (χ3v) is 6.17. The first-order valence-electron chi connectivity index (χ1n) is 11.8. The van der Waals surface area contributed by atoms with Gasteiger partial charge in [0.05, 0.1) is 6.04 Å². The van der Waals surface area contributed by atoms with Crippen molar-refractivity contribution in [3.63, 3.8) is 0 Å². The molecule has 1 aliphatic rings. The summed E-state index contributed by atoms with van der Waals surface area (Å²) in [4.78, 5) is 12.5. The van der Waals surface area contributed by atoms with Gasteiger partial charge in [-0.1, -0.05) is 107 Å². The third-order valence-electron chi connectivity index (χ3n) is 6.17. The average Bonchev–Trinajstić information content (AvgIpc) is 2.72. The third kappa shape index (κ3) is 10.3. The number of hydrogen-bond acceptors (Lipinski definition) is 2. The van der Waals surface area contributed by atoms with Crippen LogP contribution in [0.15, 0.2) is 30.3 Å². The number of carbonyl (C=O) groups excluding carboxylic acids is 1. The molecule has 0 saturated heterocycles. The highest BCUT2D eigenvalue weighted by Crippen LogP contribution is 2.20. The topological polar surface area (TPSA) is 55.1 Å². The fraction of sp³-hybridized carbons (Fsp3) is 0.720. The Morgan fingerprint density at radius 2 is 1.29 bits per heavy atom. The highest BCUT2D eigenvalue weighted by molar-refractivity contribution is 5.81. The van der Waals surface area contributed by atoms with Gasteiger partial charge in [0.25, 0.3) is 0 Å². The maximum atomic E-state index is 12.5. The number of amides is 1. The molecule has 1 aromatic carbocycles. The Labute approximate surface area is 172 Å². The Hall–Kier alpha value is -1.35. The summed E-state index contributed by atoms with van der Waals surface area (Å²) in [5, 5.41) is 3.15. The van der Waals surface area contributed by atoms with Crippen molar-refractivity contribution < 1.29 is 4.79 Å². The Balaban J connectivity index is 1.73. The van der Waals surface area contributed by atoms with Crippen molar-refractivity contribution in [1.82, 2.24) is 5.32 Å². The Morgan fingerprint density at radius 1 is 0.821 bits per heavy atom. The number of carbonyl (C=O) groups is 1. The first kappa shape index (κ1) is 22.9. The summed E-state index contributed by atoms with van der Waals surface area (Å²) in [5.41, 5.74) is 7.26. The van der Waals surface area contributed by atoms with E-state index < -0.39 is 6.04 Å². The van der Waals surface area contributed by atoms with E-state index >= 15 is 0 Å². The van der Waals surface area contributed by atoms with Crippen LogP contribution in [0, 0.1) is 5.92 Å². The van der Waals surface area contributed by atoms with Crippen LogP contribution >= 0.6 is 0 Å². The lowest BCUT2D eigenvalue weighted by atomic mass is 9.94. The molecule has 0 spiro atoms. The highest BCUT2D eigenvalue weighted by atomic mass is 16.2. The summed E-state index contributed by atoms with van der Waals surface area (Å²) in [6, 6.07) is 9.60. The SMILES string of the molecule is N[C@@H](Cc1ccccc1)C(=O)NCC1CCCCCCCCCCCCCC1. The van der Waals surface area contributed by atoms with Gasteiger partial charge >= 0.3 is 0 Å². The quantitative estimate of drug-likeness (QED) is 0.675. The van der Waals surface area contributed by atoms with Crippen molar-refractivity contribution in [1.29, 1.82) is 0 Å². The van der Waals surface area contributed by atoms with Crippen molar-refractivity contribution in [3.05, 3.63) is 35.9 Å². The molecule has 0 aliphatic heterocycles. The zero-order chi connectivity index (χ0) is 19.9. The highest BCUT2D eigenvalue weighted by Gasteiger charge is 2.16. The van der Waals surface area contributed by atoms with Gasteiger partial charge < -0.3 is 11.1 Å². The molecule has 0 bridgehead atoms. The second-order valence-electron chi connectivity index (χ2n) is 8.73. The molecule has 1 atom stereocenters. The fourth-order valence-corrected chi connectivity index (χ4v) is 4.32. The Bertz CT molecular complexity index is 501. The number of rotatable bonds is 5. The number of nitrogens with one attached hydrogen (secondary N) is 1. The molecule has 28 heavy (non-hydrogen) atoms. The van der Waals surface area contributed by atoms with Crippen LogP contribution in [0.2, 0.25) is 0 Å². The van der Waals surface area contributed by atoms with Crippen molar-refractivity contribution in [2.45, 2.75) is 102 Å². The lowest BCUT2D eigenvalue weighted by Gasteiger charge is -2.19. The molecule has 0 radical (unpaired) electrons. The molecular formula is C25H42N2O. The predicted molar refractivity (Wildman–Crippen MR) is 119 cm³/mol. The first-order valence-corrected chi connectivity index (χ1v) is 11.8. The van der Waals surface area contributed by atoms with Gasteiger partial charge in [0.15, 0.2) is 0 Å². The van der Waals surface area contributed by atoms with Crippen LogP contribution in [0.4, 0.5) is 0 Å². The summed E-state index contributed by atoms with van der Waals surface area (Å²) < 4.78 is 0. The van der Waals surface area contributed by atoms with Gasteiger partial charge in [-0.3, -0.25) is 4.79 Å². The van der Waals surface area contributed by atoms with Gasteiger partial charge in [-0.15, -0.1) is 0 Å². The fourth-order valence-electron chi connectivity index (χ4n) is 4.32. The standard InChI is InChI=1S/C25H42N2O/c26-24(20-22-16-14-11-15-17-22)25(28)27-21-23-18-12-9-7-5-3-1-2-4-6-8-10-13-19-23/h11,14-17,23-24H,1-10,12-13,18-21,26H2,(H,27,28)/t24-/m0/s1. The van der Waals surface area contributed by atoms with E-state index in [0.717, 1.165) is 12.1 Å². The van der Waals surface area contributed by atoms with E-state index in [1.165, 1.54) is 89.9 Å². The van der Waals surface area contributed by atoms with Crippen LogP contribution in [-0.4, -0.2) is 18.5 Å². The molecule has 1 amide bonds. The van der Waals surface area contributed by atoms with Crippen LogP contribution in [0.3, 0.4) is 0 Å². The molecule has 0 unspecified atom stereocenters. The van der Waals surface area contributed by atoms with E-state index in [1.54, 1.807) is 0 Å². The van der Waals surface area contributed by atoms with Crippen LogP contribution in [0.1, 0.15) is 95.5 Å². The summed E-state index contributed by atoms with van der Waals surface area (Å²) >= 11 is 0. The lowest BCUT2D eigenvalue weighted by Crippen LogP contribution is -2.43. The second-order valence-corrected chi connectivity index (χ2v) is 8.73. The van der Waals surface area contributed by atoms with Crippen molar-refractivity contribution >= 4 is 5.91 Å². The monoisotopic (exact) mass is 386 g/mol. The average molecular weight is 387 g/mol. The molecule has 158 valence electrons.